The average Bonchev–Trinajstić information content (AvgIpc) is 1.99. The molecule has 1 rings (SSSR count). The topological polar surface area (TPSA) is 26.3 Å². The van der Waals surface area contributed by atoms with Crippen LogP contribution in [0.1, 0.15) is 47.0 Å². The summed E-state index contributed by atoms with van der Waals surface area (Å²) in [6.45, 7) is 8.47. The number of ether oxygens (including phenoxy) is 1. The summed E-state index contributed by atoms with van der Waals surface area (Å²) in [7, 11) is 0. The van der Waals surface area contributed by atoms with Crippen LogP contribution in [-0.2, 0) is 9.53 Å². The highest BCUT2D eigenvalue weighted by atomic mass is 32.1. The number of hydrogen-bond acceptors (Lipinski definition) is 3. The maximum Gasteiger partial charge on any atom is 0.318 e. The molecule has 0 saturated heterocycles. The molecule has 0 heterocycles. The second kappa shape index (κ2) is 4.77. The summed E-state index contributed by atoms with van der Waals surface area (Å²) < 4.78 is 5.44. The fraction of sp³-hybridized carbons (Fsp3) is 0.917. The predicted octanol–water partition coefficient (Wildman–Crippen LogP) is 3.06. The first kappa shape index (κ1) is 12.9. The molecule has 0 spiro atoms. The Labute approximate surface area is 98.2 Å². The molecular weight excluding hydrogens is 208 g/mol. The van der Waals surface area contributed by atoms with E-state index in [0.29, 0.717) is 11.3 Å². The normalized spacial score (nSPS) is 32.1. The molecule has 3 atom stereocenters. The second-order valence-corrected chi connectivity index (χ2v) is 6.42. The zero-order valence-electron chi connectivity index (χ0n) is 10.1. The van der Waals surface area contributed by atoms with Gasteiger partial charge in [-0.15, -0.1) is 0 Å². The Balaban J connectivity index is 2.52. The molecule has 1 aliphatic carbocycles. The van der Waals surface area contributed by atoms with Crippen molar-refractivity contribution >= 4 is 18.6 Å². The lowest BCUT2D eigenvalue weighted by Gasteiger charge is -2.38. The fourth-order valence-corrected chi connectivity index (χ4v) is 2.67. The summed E-state index contributed by atoms with van der Waals surface area (Å²) in [4.78, 5) is 11.4. The fourth-order valence-electron chi connectivity index (χ4n) is 2.61. The molecular formula is C12H22O2S. The predicted molar refractivity (Wildman–Crippen MR) is 65.1 cm³/mol. The molecule has 2 nitrogen and oxygen atoms in total. The van der Waals surface area contributed by atoms with E-state index in [9.17, 15) is 4.79 Å². The number of rotatable bonds is 2. The van der Waals surface area contributed by atoms with E-state index >= 15 is 0 Å². The molecule has 0 aliphatic heterocycles. The van der Waals surface area contributed by atoms with Gasteiger partial charge < -0.3 is 4.74 Å². The molecule has 1 aliphatic rings. The van der Waals surface area contributed by atoms with Gasteiger partial charge in [-0.3, -0.25) is 4.79 Å². The van der Waals surface area contributed by atoms with E-state index in [2.05, 4.69) is 33.4 Å². The smallest absolute Gasteiger partial charge is 0.318 e. The Morgan fingerprint density at radius 3 is 2.53 bits per heavy atom. The van der Waals surface area contributed by atoms with Gasteiger partial charge >= 0.3 is 5.97 Å². The third-order valence-corrected chi connectivity index (χ3v) is 3.18. The van der Waals surface area contributed by atoms with Crippen LogP contribution in [0.2, 0.25) is 0 Å². The summed E-state index contributed by atoms with van der Waals surface area (Å²) in [6, 6.07) is 0. The average molecular weight is 230 g/mol. The second-order valence-electron chi connectivity index (χ2n) is 5.65. The first-order chi connectivity index (χ1) is 6.80. The minimum Gasteiger partial charge on any atom is -0.462 e. The van der Waals surface area contributed by atoms with E-state index < -0.39 is 0 Å². The largest absolute Gasteiger partial charge is 0.462 e. The molecule has 0 radical (unpaired) electrons. The molecule has 0 amide bonds. The van der Waals surface area contributed by atoms with Gasteiger partial charge in [-0.2, -0.15) is 12.6 Å². The van der Waals surface area contributed by atoms with Gasteiger partial charge in [-0.1, -0.05) is 20.8 Å². The van der Waals surface area contributed by atoms with Crippen LogP contribution in [-0.4, -0.2) is 17.3 Å². The van der Waals surface area contributed by atoms with Gasteiger partial charge in [-0.05, 0) is 37.5 Å². The van der Waals surface area contributed by atoms with Crippen molar-refractivity contribution in [1.82, 2.24) is 0 Å². The molecule has 0 bridgehead atoms. The van der Waals surface area contributed by atoms with Gasteiger partial charge in [0.2, 0.25) is 0 Å². The van der Waals surface area contributed by atoms with Crippen LogP contribution in [0.3, 0.4) is 0 Å². The summed E-state index contributed by atoms with van der Waals surface area (Å²) in [5, 5.41) is -0.314. The summed E-state index contributed by atoms with van der Waals surface area (Å²) >= 11 is 4.08. The van der Waals surface area contributed by atoms with Gasteiger partial charge in [0.05, 0.1) is 5.25 Å². The highest BCUT2D eigenvalue weighted by Crippen LogP contribution is 2.39. The van der Waals surface area contributed by atoms with Crippen LogP contribution in [0.5, 0.6) is 0 Å². The quantitative estimate of drug-likeness (QED) is 0.583. The van der Waals surface area contributed by atoms with Crippen LogP contribution < -0.4 is 0 Å². The van der Waals surface area contributed by atoms with E-state index in [1.165, 1.54) is 6.42 Å². The number of hydrogen-bond donors (Lipinski definition) is 1. The number of esters is 1. The molecule has 0 aromatic carbocycles. The van der Waals surface area contributed by atoms with E-state index in [-0.39, 0.29) is 17.3 Å². The minimum absolute atomic E-state index is 0.0887. The Bertz CT molecular complexity index is 236. The van der Waals surface area contributed by atoms with Crippen molar-refractivity contribution in [3.63, 3.8) is 0 Å². The Kier molecular flexibility index (Phi) is 4.10. The molecule has 3 unspecified atom stereocenters. The van der Waals surface area contributed by atoms with Gasteiger partial charge in [0.25, 0.3) is 0 Å². The van der Waals surface area contributed by atoms with Crippen molar-refractivity contribution < 1.29 is 9.53 Å². The monoisotopic (exact) mass is 230 g/mol. The summed E-state index contributed by atoms with van der Waals surface area (Å²) in [5.41, 5.74) is 0.294. The molecule has 1 saturated carbocycles. The first-order valence-electron chi connectivity index (χ1n) is 5.69. The molecule has 0 aromatic rings. The molecule has 0 N–H and O–H groups in total. The van der Waals surface area contributed by atoms with Crippen molar-refractivity contribution in [1.29, 1.82) is 0 Å². The Hall–Kier alpha value is -0.180. The molecule has 0 aromatic heterocycles. The lowest BCUT2D eigenvalue weighted by atomic mass is 9.71. The van der Waals surface area contributed by atoms with Crippen molar-refractivity contribution in [2.24, 2.45) is 11.3 Å². The highest BCUT2D eigenvalue weighted by Gasteiger charge is 2.34. The van der Waals surface area contributed by atoms with Crippen molar-refractivity contribution in [3.8, 4) is 0 Å². The molecule has 15 heavy (non-hydrogen) atoms. The Morgan fingerprint density at radius 1 is 1.47 bits per heavy atom. The summed E-state index contributed by atoms with van der Waals surface area (Å²) in [5.74, 6) is 0.454. The van der Waals surface area contributed by atoms with Crippen LogP contribution in [0, 0.1) is 11.3 Å². The van der Waals surface area contributed by atoms with Crippen LogP contribution in [0.15, 0.2) is 0 Å². The maximum absolute atomic E-state index is 11.4. The van der Waals surface area contributed by atoms with E-state index in [1.54, 1.807) is 6.92 Å². The van der Waals surface area contributed by atoms with E-state index in [0.717, 1.165) is 12.8 Å². The Morgan fingerprint density at radius 2 is 2.07 bits per heavy atom. The van der Waals surface area contributed by atoms with E-state index in [4.69, 9.17) is 4.74 Å². The standard InChI is InChI=1S/C12H22O2S/c1-8-5-10(7-12(3,4)6-8)14-11(13)9(2)15/h8-10,15H,5-7H2,1-4H3. The number of thiol groups is 1. The van der Waals surface area contributed by atoms with Crippen molar-refractivity contribution in [2.45, 2.75) is 58.3 Å². The first-order valence-corrected chi connectivity index (χ1v) is 6.20. The van der Waals surface area contributed by atoms with Crippen molar-refractivity contribution in [3.05, 3.63) is 0 Å². The molecule has 88 valence electrons. The SMILES string of the molecule is CC1CC(OC(=O)C(C)S)CC(C)(C)C1. The van der Waals surface area contributed by atoms with Crippen LogP contribution in [0.25, 0.3) is 0 Å². The zero-order valence-corrected chi connectivity index (χ0v) is 11.0. The number of carbonyl (C=O) groups is 1. The highest BCUT2D eigenvalue weighted by molar-refractivity contribution is 7.81. The van der Waals surface area contributed by atoms with E-state index in [1.807, 2.05) is 0 Å². The van der Waals surface area contributed by atoms with Gasteiger partial charge in [-0.25, -0.2) is 0 Å². The van der Waals surface area contributed by atoms with Gasteiger partial charge in [0.1, 0.15) is 6.10 Å². The van der Waals surface area contributed by atoms with Gasteiger partial charge in [0, 0.05) is 0 Å². The maximum atomic E-state index is 11.4. The molecule has 3 heteroatoms. The van der Waals surface area contributed by atoms with Crippen molar-refractivity contribution in [2.75, 3.05) is 0 Å². The van der Waals surface area contributed by atoms with Crippen LogP contribution >= 0.6 is 12.6 Å². The number of carbonyl (C=O) groups excluding carboxylic acids is 1. The van der Waals surface area contributed by atoms with Gasteiger partial charge in [0.15, 0.2) is 0 Å². The van der Waals surface area contributed by atoms with Crippen LogP contribution in [0.4, 0.5) is 0 Å². The lowest BCUT2D eigenvalue weighted by molar-refractivity contribution is -0.152. The zero-order chi connectivity index (χ0) is 11.6. The lowest BCUT2D eigenvalue weighted by Crippen LogP contribution is -2.35. The third kappa shape index (κ3) is 4.06. The molecule has 1 fully saturated rings. The minimum atomic E-state index is -0.314. The summed E-state index contributed by atoms with van der Waals surface area (Å²) in [6.07, 6.45) is 3.28. The third-order valence-electron chi connectivity index (χ3n) is 2.97.